The molecule has 2 unspecified atom stereocenters. The molecule has 2 fully saturated rings. The van der Waals surface area contributed by atoms with Crippen molar-refractivity contribution in [2.24, 2.45) is 11.8 Å². The third kappa shape index (κ3) is 3.04. The highest BCUT2D eigenvalue weighted by atomic mass is 16.3. The second-order valence-corrected chi connectivity index (χ2v) is 5.88. The highest BCUT2D eigenvalue weighted by molar-refractivity contribution is 5.98. The fourth-order valence-electron chi connectivity index (χ4n) is 3.02. The number of carbonyl (C=O) groups is 1. The molecule has 1 aliphatic carbocycles. The summed E-state index contributed by atoms with van der Waals surface area (Å²) in [4.78, 5) is 14.9. The summed E-state index contributed by atoms with van der Waals surface area (Å²) in [5.41, 5.74) is 0.833. The van der Waals surface area contributed by atoms with Crippen LogP contribution < -0.4 is 0 Å². The van der Waals surface area contributed by atoms with Crippen LogP contribution in [0.25, 0.3) is 0 Å². The third-order valence-corrected chi connectivity index (χ3v) is 4.29. The Labute approximate surface area is 114 Å². The Balaban J connectivity index is 1.69. The maximum atomic E-state index is 12.6. The zero-order chi connectivity index (χ0) is 13.2. The Hall–Kier alpha value is -1.19. The van der Waals surface area contributed by atoms with Gasteiger partial charge in [-0.25, -0.2) is 0 Å². The van der Waals surface area contributed by atoms with Crippen LogP contribution >= 0.6 is 0 Å². The molecule has 1 aliphatic heterocycles. The van der Waals surface area contributed by atoms with Gasteiger partial charge in [0.1, 0.15) is 0 Å². The van der Waals surface area contributed by atoms with Gasteiger partial charge in [0.2, 0.25) is 0 Å². The van der Waals surface area contributed by atoms with Crippen molar-refractivity contribution in [3.63, 3.8) is 0 Å². The summed E-state index contributed by atoms with van der Waals surface area (Å²) in [5, 5.41) is 9.60. The molecule has 19 heavy (non-hydrogen) atoms. The molecule has 3 heteroatoms. The molecule has 1 heterocycles. The van der Waals surface area contributed by atoms with Crippen molar-refractivity contribution in [3.05, 3.63) is 35.9 Å². The molecule has 1 saturated heterocycles. The van der Waals surface area contributed by atoms with Crippen molar-refractivity contribution in [1.82, 2.24) is 4.90 Å². The van der Waals surface area contributed by atoms with Crippen LogP contribution in [0.3, 0.4) is 0 Å². The van der Waals surface area contributed by atoms with E-state index >= 15 is 0 Å². The van der Waals surface area contributed by atoms with E-state index in [1.54, 1.807) is 0 Å². The first-order valence-electron chi connectivity index (χ1n) is 7.23. The van der Waals surface area contributed by atoms with Gasteiger partial charge in [0.25, 0.3) is 0 Å². The van der Waals surface area contributed by atoms with Crippen LogP contribution in [0.1, 0.15) is 29.6 Å². The van der Waals surface area contributed by atoms with Crippen molar-refractivity contribution in [1.29, 1.82) is 0 Å². The SMILES string of the molecule is O=C(c1ccccc1)C(CN1CCC(O)C1)C1CC1. The van der Waals surface area contributed by atoms with E-state index < -0.39 is 0 Å². The molecule has 3 rings (SSSR count). The summed E-state index contributed by atoms with van der Waals surface area (Å²) in [7, 11) is 0. The highest BCUT2D eigenvalue weighted by Crippen LogP contribution is 2.39. The van der Waals surface area contributed by atoms with Gasteiger partial charge in [0.15, 0.2) is 5.78 Å². The van der Waals surface area contributed by atoms with Crippen LogP contribution in [-0.2, 0) is 0 Å². The number of hydrogen-bond acceptors (Lipinski definition) is 3. The lowest BCUT2D eigenvalue weighted by atomic mass is 9.92. The third-order valence-electron chi connectivity index (χ3n) is 4.29. The molecule has 102 valence electrons. The summed E-state index contributed by atoms with van der Waals surface area (Å²) >= 11 is 0. The van der Waals surface area contributed by atoms with Gasteiger partial charge in [0, 0.05) is 31.1 Å². The van der Waals surface area contributed by atoms with Gasteiger partial charge in [-0.05, 0) is 25.2 Å². The molecular weight excluding hydrogens is 238 g/mol. The van der Waals surface area contributed by atoms with E-state index in [0.29, 0.717) is 5.92 Å². The van der Waals surface area contributed by atoms with E-state index in [1.807, 2.05) is 30.3 Å². The van der Waals surface area contributed by atoms with Gasteiger partial charge in [-0.2, -0.15) is 0 Å². The van der Waals surface area contributed by atoms with Crippen molar-refractivity contribution in [2.75, 3.05) is 19.6 Å². The molecule has 2 aliphatic rings. The van der Waals surface area contributed by atoms with Gasteiger partial charge in [-0.1, -0.05) is 30.3 Å². The molecular formula is C16H21NO2. The second-order valence-electron chi connectivity index (χ2n) is 5.88. The van der Waals surface area contributed by atoms with Crippen LogP contribution in [0.2, 0.25) is 0 Å². The standard InChI is InChI=1S/C16H21NO2/c18-14-8-9-17(10-14)11-15(12-6-7-12)16(19)13-4-2-1-3-5-13/h1-5,12,14-15,18H,6-11H2. The lowest BCUT2D eigenvalue weighted by Crippen LogP contribution is -2.33. The highest BCUT2D eigenvalue weighted by Gasteiger charge is 2.38. The van der Waals surface area contributed by atoms with Crippen LogP contribution in [0, 0.1) is 11.8 Å². The van der Waals surface area contributed by atoms with Gasteiger partial charge in [-0.3, -0.25) is 9.69 Å². The van der Waals surface area contributed by atoms with Crippen molar-refractivity contribution >= 4 is 5.78 Å². The molecule has 0 amide bonds. The fraction of sp³-hybridized carbons (Fsp3) is 0.562. The van der Waals surface area contributed by atoms with Crippen molar-refractivity contribution in [3.8, 4) is 0 Å². The number of hydrogen-bond donors (Lipinski definition) is 1. The zero-order valence-electron chi connectivity index (χ0n) is 11.2. The molecule has 0 aromatic heterocycles. The van der Waals surface area contributed by atoms with Crippen LogP contribution in [0.5, 0.6) is 0 Å². The zero-order valence-corrected chi connectivity index (χ0v) is 11.2. The predicted octanol–water partition coefficient (Wildman–Crippen LogP) is 1.96. The minimum atomic E-state index is -0.202. The largest absolute Gasteiger partial charge is 0.392 e. The fourth-order valence-corrected chi connectivity index (χ4v) is 3.02. The Morgan fingerprint density at radius 1 is 1.26 bits per heavy atom. The quantitative estimate of drug-likeness (QED) is 0.822. The molecule has 2 atom stereocenters. The van der Waals surface area contributed by atoms with E-state index in [2.05, 4.69) is 4.90 Å². The molecule has 0 radical (unpaired) electrons. The van der Waals surface area contributed by atoms with E-state index in [-0.39, 0.29) is 17.8 Å². The van der Waals surface area contributed by atoms with Gasteiger partial charge in [0.05, 0.1) is 6.10 Å². The lowest BCUT2D eigenvalue weighted by Gasteiger charge is -2.22. The normalized spacial score (nSPS) is 25.4. The molecule has 1 N–H and O–H groups in total. The van der Waals surface area contributed by atoms with Crippen LogP contribution in [-0.4, -0.2) is 41.5 Å². The maximum Gasteiger partial charge on any atom is 0.167 e. The average Bonchev–Trinajstić information content (AvgIpc) is 3.20. The number of β-amino-alcohol motifs (C(OH)–C–C–N with tert-alkyl or cyclic N) is 1. The minimum absolute atomic E-state index is 0.118. The lowest BCUT2D eigenvalue weighted by molar-refractivity contribution is 0.0860. The van der Waals surface area contributed by atoms with E-state index in [9.17, 15) is 9.90 Å². The summed E-state index contributed by atoms with van der Waals surface area (Å²) < 4.78 is 0. The summed E-state index contributed by atoms with van der Waals surface area (Å²) in [5.74, 6) is 0.961. The Kier molecular flexibility index (Phi) is 3.67. The monoisotopic (exact) mass is 259 g/mol. The summed E-state index contributed by atoms with van der Waals surface area (Å²) in [6.45, 7) is 2.47. The average molecular weight is 259 g/mol. The van der Waals surface area contributed by atoms with E-state index in [0.717, 1.165) is 31.6 Å². The van der Waals surface area contributed by atoms with E-state index in [4.69, 9.17) is 0 Å². The van der Waals surface area contributed by atoms with Crippen molar-refractivity contribution < 1.29 is 9.90 Å². The number of ketones is 1. The molecule has 3 nitrogen and oxygen atoms in total. The molecule has 1 aromatic rings. The number of aliphatic hydroxyl groups is 1. The van der Waals surface area contributed by atoms with Crippen molar-refractivity contribution in [2.45, 2.75) is 25.4 Å². The molecule has 0 spiro atoms. The predicted molar refractivity (Wildman–Crippen MR) is 74.1 cm³/mol. The summed E-state index contributed by atoms with van der Waals surface area (Å²) in [6, 6.07) is 9.63. The Morgan fingerprint density at radius 2 is 2.00 bits per heavy atom. The van der Waals surface area contributed by atoms with Gasteiger partial charge in [-0.15, -0.1) is 0 Å². The maximum absolute atomic E-state index is 12.6. The second kappa shape index (κ2) is 5.43. The summed E-state index contributed by atoms with van der Waals surface area (Å²) in [6.07, 6.45) is 3.00. The first-order valence-corrected chi connectivity index (χ1v) is 7.23. The topological polar surface area (TPSA) is 40.5 Å². The Bertz CT molecular complexity index is 441. The van der Waals surface area contributed by atoms with Gasteiger partial charge >= 0.3 is 0 Å². The number of rotatable bonds is 5. The number of likely N-dealkylation sites (tertiary alicyclic amines) is 1. The molecule has 1 aromatic carbocycles. The molecule has 1 saturated carbocycles. The molecule has 0 bridgehead atoms. The first kappa shape index (κ1) is 12.8. The number of carbonyl (C=O) groups excluding carboxylic acids is 1. The Morgan fingerprint density at radius 3 is 2.58 bits per heavy atom. The number of Topliss-reactive ketones (excluding diaryl/α,β-unsaturated/α-hetero) is 1. The van der Waals surface area contributed by atoms with E-state index in [1.165, 1.54) is 12.8 Å². The van der Waals surface area contributed by atoms with Crippen LogP contribution in [0.4, 0.5) is 0 Å². The smallest absolute Gasteiger partial charge is 0.167 e. The van der Waals surface area contributed by atoms with Gasteiger partial charge < -0.3 is 5.11 Å². The number of benzene rings is 1. The number of nitrogens with zero attached hydrogens (tertiary/aromatic N) is 1. The first-order chi connectivity index (χ1) is 9.24. The van der Waals surface area contributed by atoms with Crippen LogP contribution in [0.15, 0.2) is 30.3 Å². The number of aliphatic hydroxyl groups excluding tert-OH is 1. The minimum Gasteiger partial charge on any atom is -0.392 e.